The summed E-state index contributed by atoms with van der Waals surface area (Å²) < 4.78 is 0. The summed E-state index contributed by atoms with van der Waals surface area (Å²) in [7, 11) is 0. The third-order valence-corrected chi connectivity index (χ3v) is 7.65. The molecule has 0 spiro atoms. The highest BCUT2D eigenvalue weighted by Gasteiger charge is 2.54. The highest BCUT2D eigenvalue weighted by Crippen LogP contribution is 2.58. The Morgan fingerprint density at radius 3 is 2.00 bits per heavy atom. The first-order chi connectivity index (χ1) is 11.5. The molecule has 0 amide bonds. The predicted octanol–water partition coefficient (Wildman–Crippen LogP) is 5.01. The van der Waals surface area contributed by atoms with Gasteiger partial charge in [-0.1, -0.05) is 11.6 Å². The highest BCUT2D eigenvalue weighted by molar-refractivity contribution is 6.30. The second-order valence-electron chi connectivity index (χ2n) is 9.20. The Bertz CT molecular complexity index is 610. The van der Waals surface area contributed by atoms with E-state index in [1.54, 1.807) is 0 Å². The second-order valence-corrected chi connectivity index (χ2v) is 9.63. The number of benzene rings is 1. The predicted molar refractivity (Wildman–Crippen MR) is 101 cm³/mol. The molecule has 5 fully saturated rings. The first-order valence-corrected chi connectivity index (χ1v) is 10.2. The van der Waals surface area contributed by atoms with E-state index < -0.39 is 0 Å². The molecule has 1 aliphatic heterocycles. The lowest BCUT2D eigenvalue weighted by Crippen LogP contribution is -2.59. The van der Waals surface area contributed by atoms with Crippen LogP contribution in [0, 0.1) is 31.6 Å². The Kier molecular flexibility index (Phi) is 3.48. The lowest BCUT2D eigenvalue weighted by molar-refractivity contribution is -0.0797. The Labute approximate surface area is 151 Å². The fourth-order valence-corrected chi connectivity index (χ4v) is 7.34. The fraction of sp³-hybridized carbons (Fsp3) is 0.714. The number of rotatable bonds is 2. The summed E-state index contributed by atoms with van der Waals surface area (Å²) >= 11 is 6.24. The average Bonchev–Trinajstić information content (AvgIpc) is 2.95. The minimum absolute atomic E-state index is 0.539. The molecule has 0 radical (unpaired) electrons. The van der Waals surface area contributed by atoms with Crippen LogP contribution in [0.2, 0.25) is 5.02 Å². The number of halogens is 1. The van der Waals surface area contributed by atoms with Crippen molar-refractivity contribution in [2.45, 2.75) is 57.9 Å². The van der Waals surface area contributed by atoms with Gasteiger partial charge in [-0.3, -0.25) is 4.90 Å². The Morgan fingerprint density at radius 2 is 1.46 bits per heavy atom. The Balaban J connectivity index is 1.40. The van der Waals surface area contributed by atoms with Gasteiger partial charge in [-0.05, 0) is 93.4 Å². The van der Waals surface area contributed by atoms with Crippen molar-refractivity contribution in [1.29, 1.82) is 0 Å². The van der Waals surface area contributed by atoms with Gasteiger partial charge in [0.25, 0.3) is 0 Å². The van der Waals surface area contributed by atoms with E-state index in [4.69, 9.17) is 11.6 Å². The van der Waals surface area contributed by atoms with Crippen LogP contribution in [0.25, 0.3) is 0 Å². The lowest BCUT2D eigenvalue weighted by Gasteiger charge is -2.60. The number of hydrogen-bond donors (Lipinski definition) is 0. The molecule has 6 rings (SSSR count). The molecule has 4 aliphatic carbocycles. The summed E-state index contributed by atoms with van der Waals surface area (Å²) in [5.74, 6) is 3.10. The molecular formula is C21H29ClN2. The van der Waals surface area contributed by atoms with Crippen molar-refractivity contribution in [3.05, 3.63) is 28.3 Å². The summed E-state index contributed by atoms with van der Waals surface area (Å²) in [5.41, 5.74) is 4.61. The Morgan fingerprint density at radius 1 is 0.917 bits per heavy atom. The summed E-state index contributed by atoms with van der Waals surface area (Å²) in [6, 6.07) is 4.24. The average molecular weight is 345 g/mol. The van der Waals surface area contributed by atoms with E-state index in [9.17, 15) is 0 Å². The van der Waals surface area contributed by atoms with Crippen LogP contribution >= 0.6 is 11.6 Å². The SMILES string of the molecule is Cc1cc(Cl)cc(C)c1N1CCN(C23CC4CC(CC(C4)C2)C3)C1. The van der Waals surface area contributed by atoms with Gasteiger partial charge in [0.15, 0.2) is 0 Å². The van der Waals surface area contributed by atoms with E-state index in [0.29, 0.717) is 5.54 Å². The molecule has 1 aromatic rings. The summed E-state index contributed by atoms with van der Waals surface area (Å²) in [5, 5.41) is 0.867. The van der Waals surface area contributed by atoms with Gasteiger partial charge in [-0.25, -0.2) is 0 Å². The van der Waals surface area contributed by atoms with Gasteiger partial charge < -0.3 is 4.90 Å². The summed E-state index contributed by atoms with van der Waals surface area (Å²) in [6.45, 7) is 7.96. The van der Waals surface area contributed by atoms with Crippen LogP contribution in [0.5, 0.6) is 0 Å². The van der Waals surface area contributed by atoms with Crippen LogP contribution in [0.15, 0.2) is 12.1 Å². The van der Waals surface area contributed by atoms with Crippen LogP contribution in [0.3, 0.4) is 0 Å². The van der Waals surface area contributed by atoms with E-state index in [-0.39, 0.29) is 0 Å². The molecule has 1 aromatic carbocycles. The number of anilines is 1. The zero-order valence-electron chi connectivity index (χ0n) is 15.0. The topological polar surface area (TPSA) is 6.48 Å². The number of hydrogen-bond acceptors (Lipinski definition) is 2. The first-order valence-electron chi connectivity index (χ1n) is 9.79. The molecule has 4 bridgehead atoms. The normalized spacial score (nSPS) is 38.3. The van der Waals surface area contributed by atoms with Crippen LogP contribution < -0.4 is 4.90 Å². The minimum atomic E-state index is 0.539. The van der Waals surface area contributed by atoms with Crippen LogP contribution in [-0.4, -0.2) is 30.2 Å². The van der Waals surface area contributed by atoms with Gasteiger partial charge in [0.05, 0.1) is 6.67 Å². The number of nitrogens with zero attached hydrogens (tertiary/aromatic N) is 2. The zero-order valence-corrected chi connectivity index (χ0v) is 15.8. The summed E-state index contributed by atoms with van der Waals surface area (Å²) in [6.07, 6.45) is 9.03. The van der Waals surface area contributed by atoms with Crippen LogP contribution in [0.1, 0.15) is 49.7 Å². The van der Waals surface area contributed by atoms with Gasteiger partial charge in [0, 0.05) is 29.3 Å². The van der Waals surface area contributed by atoms with Gasteiger partial charge in [0.1, 0.15) is 0 Å². The molecule has 4 saturated carbocycles. The lowest BCUT2D eigenvalue weighted by atomic mass is 9.52. The zero-order chi connectivity index (χ0) is 16.5. The smallest absolute Gasteiger partial charge is 0.0713 e. The molecule has 0 atom stereocenters. The van der Waals surface area contributed by atoms with Crippen LogP contribution in [0.4, 0.5) is 5.69 Å². The molecule has 1 saturated heterocycles. The van der Waals surface area contributed by atoms with Crippen molar-refractivity contribution < 1.29 is 0 Å². The monoisotopic (exact) mass is 344 g/mol. The van der Waals surface area contributed by atoms with Gasteiger partial charge in [-0.2, -0.15) is 0 Å². The Hall–Kier alpha value is -0.730. The second kappa shape index (κ2) is 5.38. The molecule has 0 N–H and O–H groups in total. The molecule has 5 aliphatic rings. The molecule has 130 valence electrons. The van der Waals surface area contributed by atoms with E-state index >= 15 is 0 Å². The van der Waals surface area contributed by atoms with Crippen molar-refractivity contribution in [3.8, 4) is 0 Å². The van der Waals surface area contributed by atoms with Crippen molar-refractivity contribution in [1.82, 2.24) is 4.90 Å². The maximum atomic E-state index is 6.24. The van der Waals surface area contributed by atoms with Crippen molar-refractivity contribution >= 4 is 17.3 Å². The first kappa shape index (κ1) is 15.5. The maximum absolute atomic E-state index is 6.24. The molecule has 0 aromatic heterocycles. The van der Waals surface area contributed by atoms with E-state index in [2.05, 4.69) is 35.8 Å². The third kappa shape index (κ3) is 2.33. The molecule has 3 heteroatoms. The van der Waals surface area contributed by atoms with Crippen molar-refractivity contribution in [2.75, 3.05) is 24.7 Å². The van der Waals surface area contributed by atoms with E-state index in [0.717, 1.165) is 29.4 Å². The highest BCUT2D eigenvalue weighted by atomic mass is 35.5. The van der Waals surface area contributed by atoms with Crippen LogP contribution in [-0.2, 0) is 0 Å². The molecule has 2 nitrogen and oxygen atoms in total. The third-order valence-electron chi connectivity index (χ3n) is 7.43. The van der Waals surface area contributed by atoms with E-state index in [1.165, 1.54) is 68.4 Å². The molecule has 0 unspecified atom stereocenters. The van der Waals surface area contributed by atoms with Gasteiger partial charge >= 0.3 is 0 Å². The molecule has 24 heavy (non-hydrogen) atoms. The van der Waals surface area contributed by atoms with Crippen molar-refractivity contribution in [3.63, 3.8) is 0 Å². The van der Waals surface area contributed by atoms with E-state index in [1.807, 2.05) is 0 Å². The summed E-state index contributed by atoms with van der Waals surface area (Å²) in [4.78, 5) is 5.48. The minimum Gasteiger partial charge on any atom is -0.357 e. The number of aryl methyl sites for hydroxylation is 2. The van der Waals surface area contributed by atoms with Gasteiger partial charge in [-0.15, -0.1) is 0 Å². The molecule has 1 heterocycles. The standard InChI is InChI=1S/C21H29ClN2/c1-14-5-19(22)6-15(2)20(14)23-3-4-24(13-23)21-10-16-7-17(11-21)9-18(8-16)12-21/h5-6,16-18H,3-4,7-13H2,1-2H3. The largest absolute Gasteiger partial charge is 0.357 e. The van der Waals surface area contributed by atoms with Gasteiger partial charge in [0.2, 0.25) is 0 Å². The maximum Gasteiger partial charge on any atom is 0.0713 e. The quantitative estimate of drug-likeness (QED) is 0.744. The van der Waals surface area contributed by atoms with Crippen molar-refractivity contribution in [2.24, 2.45) is 17.8 Å². The molecular weight excluding hydrogens is 316 g/mol. The fourth-order valence-electron chi connectivity index (χ4n) is 7.01.